The van der Waals surface area contributed by atoms with E-state index in [1.165, 1.54) is 37.4 Å². The zero-order valence-electron chi connectivity index (χ0n) is 31.4. The van der Waals surface area contributed by atoms with Crippen LogP contribution in [0.2, 0.25) is 0 Å². The molecule has 10 heteroatoms. The quantitative estimate of drug-likeness (QED) is 0.0570. The summed E-state index contributed by atoms with van der Waals surface area (Å²) < 4.78 is 50.9. The second-order valence-corrected chi connectivity index (χ2v) is 13.4. The Bertz CT molecular complexity index is 1960. The number of halogens is 2. The first-order valence-electron chi connectivity index (χ1n) is 19.0. The van der Waals surface area contributed by atoms with E-state index in [0.29, 0.717) is 66.9 Å². The van der Waals surface area contributed by atoms with Crippen LogP contribution in [0.4, 0.5) is 8.78 Å². The minimum Gasteiger partial charge on any atom is -0.507 e. The molecule has 4 aromatic carbocycles. The third kappa shape index (κ3) is 11.8. The van der Waals surface area contributed by atoms with Gasteiger partial charge in [0.1, 0.15) is 51.4 Å². The average Bonchev–Trinajstić information content (AvgIpc) is 3.17. The summed E-state index contributed by atoms with van der Waals surface area (Å²) >= 11 is 0. The number of hydrogen-bond acceptors (Lipinski definition) is 8. The normalized spacial score (nSPS) is 11.3. The Labute approximate surface area is 316 Å². The summed E-state index contributed by atoms with van der Waals surface area (Å²) in [5.74, 6) is 1.29. The second kappa shape index (κ2) is 21.1. The van der Waals surface area contributed by atoms with E-state index < -0.39 is 0 Å². The fourth-order valence-electron chi connectivity index (χ4n) is 6.25. The largest absolute Gasteiger partial charge is 0.507 e. The number of nitrogens with one attached hydrogen (secondary N) is 2. The minimum atomic E-state index is -0.269. The molecule has 3 N–H and O–H groups in total. The van der Waals surface area contributed by atoms with Crippen LogP contribution < -0.4 is 30.3 Å². The maximum Gasteiger partial charge on any atom is 0.200 e. The second-order valence-electron chi connectivity index (χ2n) is 13.4. The van der Waals surface area contributed by atoms with Gasteiger partial charge in [-0.1, -0.05) is 50.5 Å². The van der Waals surface area contributed by atoms with Gasteiger partial charge >= 0.3 is 0 Å². The molecule has 8 nitrogen and oxygen atoms in total. The van der Waals surface area contributed by atoms with Gasteiger partial charge in [-0.25, -0.2) is 8.78 Å². The summed E-state index contributed by atoms with van der Waals surface area (Å²) in [7, 11) is 1.50. The van der Waals surface area contributed by atoms with Gasteiger partial charge in [0.05, 0.1) is 25.9 Å². The first-order chi connectivity index (χ1) is 26.4. The molecular weight excluding hydrogens is 690 g/mol. The number of aromatic hydroxyl groups is 1. The molecule has 0 aliphatic rings. The topological polar surface area (TPSA) is 102 Å². The Balaban J connectivity index is 1.30. The molecule has 0 unspecified atom stereocenters. The van der Waals surface area contributed by atoms with Crippen LogP contribution in [-0.4, -0.2) is 38.5 Å². The molecule has 0 fully saturated rings. The van der Waals surface area contributed by atoms with Gasteiger partial charge in [0.2, 0.25) is 0 Å². The molecule has 54 heavy (non-hydrogen) atoms. The van der Waals surface area contributed by atoms with Crippen molar-refractivity contribution in [3.63, 3.8) is 0 Å². The van der Waals surface area contributed by atoms with Crippen LogP contribution in [0.15, 0.2) is 88.1 Å². The van der Waals surface area contributed by atoms with Crippen molar-refractivity contribution in [2.24, 2.45) is 0 Å². The number of fused-ring (bicyclic) bond motifs is 1. The van der Waals surface area contributed by atoms with Gasteiger partial charge in [-0.2, -0.15) is 0 Å². The van der Waals surface area contributed by atoms with Gasteiger partial charge in [-0.3, -0.25) is 4.79 Å². The van der Waals surface area contributed by atoms with Crippen molar-refractivity contribution in [1.82, 2.24) is 10.6 Å². The maximum absolute atomic E-state index is 14.0. The molecule has 0 saturated carbocycles. The number of hydrogen-bond donors (Lipinski definition) is 3. The van der Waals surface area contributed by atoms with E-state index in [1.807, 2.05) is 18.2 Å². The Kier molecular flexibility index (Phi) is 15.7. The number of benzene rings is 4. The summed E-state index contributed by atoms with van der Waals surface area (Å²) in [5.41, 5.74) is 3.14. The van der Waals surface area contributed by atoms with Crippen LogP contribution in [0.3, 0.4) is 0 Å². The lowest BCUT2D eigenvalue weighted by Gasteiger charge is -2.17. The SMILES string of the molecule is CCCCCCc1c(-c2ccc(OCCCCNCc3ccc(F)cc3)cc2OCCCCNCc2ccc(F)cc2)oc2cc(OC)cc(O)c2c1=O. The number of unbranched alkanes of at least 4 members (excludes halogenated alkanes) is 5. The summed E-state index contributed by atoms with van der Waals surface area (Å²) in [5, 5.41) is 17.7. The van der Waals surface area contributed by atoms with Crippen molar-refractivity contribution in [2.45, 2.75) is 77.8 Å². The average molecular weight is 743 g/mol. The zero-order chi connectivity index (χ0) is 38.1. The Morgan fingerprint density at radius 1 is 0.704 bits per heavy atom. The lowest BCUT2D eigenvalue weighted by molar-refractivity contribution is 0.291. The van der Waals surface area contributed by atoms with E-state index in [1.54, 1.807) is 30.3 Å². The lowest BCUT2D eigenvalue weighted by Crippen LogP contribution is -2.15. The first-order valence-corrected chi connectivity index (χ1v) is 19.0. The van der Waals surface area contributed by atoms with Gasteiger partial charge in [0.15, 0.2) is 5.43 Å². The Hall–Kier alpha value is -4.93. The number of methoxy groups -OCH3 is 1. The molecule has 1 heterocycles. The van der Waals surface area contributed by atoms with Crippen molar-refractivity contribution in [3.05, 3.63) is 117 Å². The van der Waals surface area contributed by atoms with Crippen LogP contribution in [0.5, 0.6) is 23.0 Å². The van der Waals surface area contributed by atoms with Crippen LogP contribution in [0, 0.1) is 11.6 Å². The molecule has 1 aromatic heterocycles. The van der Waals surface area contributed by atoms with E-state index >= 15 is 0 Å². The van der Waals surface area contributed by atoms with Crippen molar-refractivity contribution >= 4 is 11.0 Å². The Morgan fingerprint density at radius 2 is 1.33 bits per heavy atom. The van der Waals surface area contributed by atoms with E-state index in [4.69, 9.17) is 18.6 Å². The molecule has 0 amide bonds. The molecule has 0 saturated heterocycles. The van der Waals surface area contributed by atoms with Gasteiger partial charge < -0.3 is 34.4 Å². The van der Waals surface area contributed by atoms with Gasteiger partial charge in [0, 0.05) is 36.9 Å². The molecule has 0 radical (unpaired) electrons. The molecular formula is C44H52F2N2O6. The number of phenolic OH excluding ortho intramolecular Hbond substituents is 1. The van der Waals surface area contributed by atoms with Crippen molar-refractivity contribution in [3.8, 4) is 34.3 Å². The number of rotatable bonds is 23. The monoisotopic (exact) mass is 742 g/mol. The third-order valence-electron chi connectivity index (χ3n) is 9.26. The van der Waals surface area contributed by atoms with Crippen molar-refractivity contribution < 1.29 is 32.5 Å². The summed E-state index contributed by atoms with van der Waals surface area (Å²) in [6.45, 7) is 5.96. The molecule has 0 bridgehead atoms. The highest BCUT2D eigenvalue weighted by atomic mass is 19.1. The van der Waals surface area contributed by atoms with Gasteiger partial charge in [-0.05, 0) is 99.1 Å². The number of ether oxygens (including phenoxy) is 3. The summed E-state index contributed by atoms with van der Waals surface area (Å²) in [6, 6.07) is 21.6. The van der Waals surface area contributed by atoms with Gasteiger partial charge in [-0.15, -0.1) is 0 Å². The highest BCUT2D eigenvalue weighted by Gasteiger charge is 2.22. The maximum atomic E-state index is 14.0. The summed E-state index contributed by atoms with van der Waals surface area (Å²) in [4.78, 5) is 14.0. The van der Waals surface area contributed by atoms with Crippen LogP contribution in [0.1, 0.15) is 75.0 Å². The van der Waals surface area contributed by atoms with E-state index in [9.17, 15) is 18.7 Å². The standard InChI is InChI=1S/C44H52F2N2O6/c1-3-4-5-6-11-38-43(50)42-39(49)26-36(51-2)28-41(42)54-44(38)37-21-20-35(52-24-9-7-22-47-29-31-12-16-33(45)17-13-31)27-40(37)53-25-10-8-23-48-30-32-14-18-34(46)19-15-32/h12-21,26-28,47-49H,3-11,22-25,29-30H2,1-2H3. The lowest BCUT2D eigenvalue weighted by atomic mass is 9.98. The fourth-order valence-corrected chi connectivity index (χ4v) is 6.25. The first kappa shape index (κ1) is 40.3. The van der Waals surface area contributed by atoms with Gasteiger partial charge in [0.25, 0.3) is 0 Å². The fraction of sp³-hybridized carbons (Fsp3) is 0.386. The van der Waals surface area contributed by atoms with Crippen LogP contribution in [-0.2, 0) is 19.5 Å². The predicted octanol–water partition coefficient (Wildman–Crippen LogP) is 9.47. The Morgan fingerprint density at radius 3 is 1.94 bits per heavy atom. The van der Waals surface area contributed by atoms with Crippen molar-refractivity contribution in [1.29, 1.82) is 0 Å². The van der Waals surface area contributed by atoms with Crippen LogP contribution in [0.25, 0.3) is 22.3 Å². The molecule has 5 aromatic rings. The molecule has 0 atom stereocenters. The highest BCUT2D eigenvalue weighted by molar-refractivity contribution is 5.88. The third-order valence-corrected chi connectivity index (χ3v) is 9.26. The van der Waals surface area contributed by atoms with E-state index in [2.05, 4.69) is 17.6 Å². The van der Waals surface area contributed by atoms with Crippen molar-refractivity contribution in [2.75, 3.05) is 33.4 Å². The zero-order valence-corrected chi connectivity index (χ0v) is 31.4. The van der Waals surface area contributed by atoms with E-state index in [0.717, 1.165) is 75.6 Å². The highest BCUT2D eigenvalue weighted by Crippen LogP contribution is 2.39. The smallest absolute Gasteiger partial charge is 0.200 e. The molecule has 0 spiro atoms. The predicted molar refractivity (Wildman–Crippen MR) is 210 cm³/mol. The molecule has 0 aliphatic carbocycles. The summed E-state index contributed by atoms with van der Waals surface area (Å²) in [6.07, 6.45) is 7.73. The number of phenols is 1. The molecule has 5 rings (SSSR count). The van der Waals surface area contributed by atoms with E-state index in [-0.39, 0.29) is 33.8 Å². The molecule has 288 valence electrons. The molecule has 0 aliphatic heterocycles. The van der Waals surface area contributed by atoms with Crippen LogP contribution >= 0.6 is 0 Å². The minimum absolute atomic E-state index is 0.132.